The first-order chi connectivity index (χ1) is 8.36. The van der Waals surface area contributed by atoms with Crippen molar-refractivity contribution in [3.8, 4) is 0 Å². The molecule has 2 aromatic heterocycles. The highest BCUT2D eigenvalue weighted by molar-refractivity contribution is 5.91. The van der Waals surface area contributed by atoms with Crippen molar-refractivity contribution in [1.82, 2.24) is 19.9 Å². The Labute approximate surface area is 99.5 Å². The SMILES string of the molecule is O=C(NCCCn1cccc1)c1cnccn1. The lowest BCUT2D eigenvalue weighted by Crippen LogP contribution is -2.26. The Morgan fingerprint density at radius 2 is 2.12 bits per heavy atom. The number of hydrogen-bond acceptors (Lipinski definition) is 3. The molecule has 2 aromatic rings. The van der Waals surface area contributed by atoms with Crippen molar-refractivity contribution >= 4 is 5.91 Å². The molecule has 1 N–H and O–H groups in total. The van der Waals surface area contributed by atoms with Crippen molar-refractivity contribution in [2.45, 2.75) is 13.0 Å². The van der Waals surface area contributed by atoms with Gasteiger partial charge in [0, 0.05) is 37.9 Å². The quantitative estimate of drug-likeness (QED) is 0.782. The Balaban J connectivity index is 1.70. The standard InChI is InChI=1S/C12H14N4O/c17-12(11-10-13-5-6-14-11)15-4-3-9-16-7-1-2-8-16/h1-2,5-8,10H,3-4,9H2,(H,15,17). The molecular formula is C12H14N4O. The number of aromatic nitrogens is 3. The number of nitrogens with zero attached hydrogens (tertiary/aromatic N) is 3. The second-order valence-electron chi connectivity index (χ2n) is 3.62. The van der Waals surface area contributed by atoms with Crippen LogP contribution in [0.15, 0.2) is 43.1 Å². The van der Waals surface area contributed by atoms with Gasteiger partial charge < -0.3 is 9.88 Å². The molecule has 5 nitrogen and oxygen atoms in total. The van der Waals surface area contributed by atoms with Crippen LogP contribution in [0.5, 0.6) is 0 Å². The van der Waals surface area contributed by atoms with E-state index in [0.717, 1.165) is 13.0 Å². The molecule has 0 fully saturated rings. The van der Waals surface area contributed by atoms with E-state index in [-0.39, 0.29) is 5.91 Å². The molecule has 0 bridgehead atoms. The monoisotopic (exact) mass is 230 g/mol. The van der Waals surface area contributed by atoms with Crippen LogP contribution in [0.2, 0.25) is 0 Å². The van der Waals surface area contributed by atoms with E-state index in [1.807, 2.05) is 24.5 Å². The second kappa shape index (κ2) is 5.79. The molecule has 0 unspecified atom stereocenters. The van der Waals surface area contributed by atoms with Crippen LogP contribution in [-0.2, 0) is 6.54 Å². The molecule has 0 saturated carbocycles. The van der Waals surface area contributed by atoms with Gasteiger partial charge in [-0.15, -0.1) is 0 Å². The van der Waals surface area contributed by atoms with Crippen LogP contribution < -0.4 is 5.32 Å². The van der Waals surface area contributed by atoms with Crippen molar-refractivity contribution in [3.05, 3.63) is 48.8 Å². The normalized spacial score (nSPS) is 10.1. The minimum absolute atomic E-state index is 0.175. The summed E-state index contributed by atoms with van der Waals surface area (Å²) >= 11 is 0. The summed E-state index contributed by atoms with van der Waals surface area (Å²) in [5.74, 6) is -0.175. The number of rotatable bonds is 5. The van der Waals surface area contributed by atoms with Crippen LogP contribution in [-0.4, -0.2) is 27.0 Å². The highest BCUT2D eigenvalue weighted by Gasteiger charge is 2.04. The summed E-state index contributed by atoms with van der Waals surface area (Å²) in [4.78, 5) is 19.4. The summed E-state index contributed by atoms with van der Waals surface area (Å²) in [5, 5.41) is 2.81. The van der Waals surface area contributed by atoms with E-state index in [2.05, 4.69) is 19.9 Å². The largest absolute Gasteiger partial charge is 0.354 e. The molecule has 0 spiro atoms. The van der Waals surface area contributed by atoms with E-state index in [4.69, 9.17) is 0 Å². The van der Waals surface area contributed by atoms with Gasteiger partial charge in [0.1, 0.15) is 5.69 Å². The maximum Gasteiger partial charge on any atom is 0.271 e. The Hall–Kier alpha value is -2.17. The molecule has 0 aromatic carbocycles. The van der Waals surface area contributed by atoms with Gasteiger partial charge in [-0.1, -0.05) is 0 Å². The average molecular weight is 230 g/mol. The molecule has 0 aliphatic carbocycles. The van der Waals surface area contributed by atoms with Gasteiger partial charge in [-0.2, -0.15) is 0 Å². The van der Waals surface area contributed by atoms with E-state index in [9.17, 15) is 4.79 Å². The van der Waals surface area contributed by atoms with Gasteiger partial charge in [0.15, 0.2) is 0 Å². The lowest BCUT2D eigenvalue weighted by atomic mass is 10.3. The van der Waals surface area contributed by atoms with E-state index in [1.54, 1.807) is 6.20 Å². The predicted octanol–water partition coefficient (Wildman–Crippen LogP) is 1.10. The van der Waals surface area contributed by atoms with Crippen LogP contribution in [0.1, 0.15) is 16.9 Å². The van der Waals surface area contributed by atoms with Gasteiger partial charge in [-0.25, -0.2) is 4.98 Å². The molecule has 5 heteroatoms. The maximum absolute atomic E-state index is 11.6. The van der Waals surface area contributed by atoms with Crippen LogP contribution in [0, 0.1) is 0 Å². The summed E-state index contributed by atoms with van der Waals surface area (Å²) in [5.41, 5.74) is 0.355. The fraction of sp³-hybridized carbons (Fsp3) is 0.250. The third-order valence-corrected chi connectivity index (χ3v) is 2.34. The van der Waals surface area contributed by atoms with Crippen molar-refractivity contribution in [2.24, 2.45) is 0 Å². The van der Waals surface area contributed by atoms with Crippen molar-refractivity contribution in [3.63, 3.8) is 0 Å². The first kappa shape index (κ1) is 11.3. The van der Waals surface area contributed by atoms with Gasteiger partial charge in [-0.3, -0.25) is 9.78 Å². The number of aryl methyl sites for hydroxylation is 1. The average Bonchev–Trinajstić information content (AvgIpc) is 2.88. The predicted molar refractivity (Wildman–Crippen MR) is 63.4 cm³/mol. The summed E-state index contributed by atoms with van der Waals surface area (Å²) in [6.07, 6.45) is 9.41. The molecule has 2 rings (SSSR count). The topological polar surface area (TPSA) is 59.8 Å². The highest BCUT2D eigenvalue weighted by Crippen LogP contribution is 1.93. The number of amides is 1. The molecule has 2 heterocycles. The Bertz CT molecular complexity index is 453. The Morgan fingerprint density at radius 1 is 1.29 bits per heavy atom. The zero-order valence-corrected chi connectivity index (χ0v) is 9.41. The molecule has 0 radical (unpaired) electrons. The zero-order chi connectivity index (χ0) is 11.9. The lowest BCUT2D eigenvalue weighted by molar-refractivity contribution is 0.0947. The van der Waals surface area contributed by atoms with Gasteiger partial charge in [0.05, 0.1) is 6.20 Å². The van der Waals surface area contributed by atoms with Gasteiger partial charge in [0.2, 0.25) is 0 Å². The third-order valence-electron chi connectivity index (χ3n) is 2.34. The molecular weight excluding hydrogens is 216 g/mol. The molecule has 17 heavy (non-hydrogen) atoms. The number of hydrogen-bond donors (Lipinski definition) is 1. The van der Waals surface area contributed by atoms with E-state index >= 15 is 0 Å². The maximum atomic E-state index is 11.6. The van der Waals surface area contributed by atoms with Gasteiger partial charge in [0.25, 0.3) is 5.91 Å². The number of carbonyl (C=O) groups excluding carboxylic acids is 1. The minimum atomic E-state index is -0.175. The van der Waals surface area contributed by atoms with E-state index in [1.165, 1.54) is 12.4 Å². The minimum Gasteiger partial charge on any atom is -0.354 e. The fourth-order valence-electron chi connectivity index (χ4n) is 1.49. The van der Waals surface area contributed by atoms with E-state index in [0.29, 0.717) is 12.2 Å². The molecule has 0 aliphatic rings. The van der Waals surface area contributed by atoms with Crippen molar-refractivity contribution in [1.29, 1.82) is 0 Å². The molecule has 88 valence electrons. The van der Waals surface area contributed by atoms with Crippen LogP contribution in [0.3, 0.4) is 0 Å². The molecule has 1 amide bonds. The molecule has 0 atom stereocenters. The van der Waals surface area contributed by atoms with Gasteiger partial charge in [-0.05, 0) is 18.6 Å². The summed E-state index contributed by atoms with van der Waals surface area (Å²) in [6, 6.07) is 3.97. The summed E-state index contributed by atoms with van der Waals surface area (Å²) in [7, 11) is 0. The fourth-order valence-corrected chi connectivity index (χ4v) is 1.49. The molecule has 0 saturated heterocycles. The third kappa shape index (κ3) is 3.41. The highest BCUT2D eigenvalue weighted by atomic mass is 16.1. The molecule has 0 aliphatic heterocycles. The zero-order valence-electron chi connectivity index (χ0n) is 9.41. The first-order valence-electron chi connectivity index (χ1n) is 5.51. The summed E-state index contributed by atoms with van der Waals surface area (Å²) < 4.78 is 2.08. The van der Waals surface area contributed by atoms with E-state index < -0.39 is 0 Å². The number of carbonyl (C=O) groups is 1. The van der Waals surface area contributed by atoms with Crippen LogP contribution in [0.25, 0.3) is 0 Å². The second-order valence-corrected chi connectivity index (χ2v) is 3.62. The number of nitrogens with one attached hydrogen (secondary N) is 1. The van der Waals surface area contributed by atoms with Crippen molar-refractivity contribution in [2.75, 3.05) is 6.54 Å². The Kier molecular flexibility index (Phi) is 3.85. The first-order valence-corrected chi connectivity index (χ1v) is 5.51. The van der Waals surface area contributed by atoms with Gasteiger partial charge >= 0.3 is 0 Å². The summed E-state index contributed by atoms with van der Waals surface area (Å²) in [6.45, 7) is 1.53. The lowest BCUT2D eigenvalue weighted by Gasteiger charge is -2.05. The van der Waals surface area contributed by atoms with Crippen LogP contribution in [0.4, 0.5) is 0 Å². The smallest absolute Gasteiger partial charge is 0.271 e. The van der Waals surface area contributed by atoms with Crippen LogP contribution >= 0.6 is 0 Å². The van der Waals surface area contributed by atoms with Crippen molar-refractivity contribution < 1.29 is 4.79 Å². The Morgan fingerprint density at radius 3 is 2.82 bits per heavy atom.